The Labute approximate surface area is 128 Å². The second-order valence-electron chi connectivity index (χ2n) is 4.47. The molecule has 0 radical (unpaired) electrons. The van der Waals surface area contributed by atoms with Gasteiger partial charge in [-0.1, -0.05) is 17.7 Å². The van der Waals surface area contributed by atoms with E-state index >= 15 is 0 Å². The van der Waals surface area contributed by atoms with Gasteiger partial charge in [-0.15, -0.1) is 10.2 Å². The van der Waals surface area contributed by atoms with Gasteiger partial charge in [-0.25, -0.2) is 18.2 Å². The van der Waals surface area contributed by atoms with Gasteiger partial charge in [-0.05, 0) is 24.3 Å². The average Bonchev–Trinajstić information content (AvgIpc) is 2.83. The molecule has 0 spiro atoms. The monoisotopic (exact) mass is 324 g/mol. The summed E-state index contributed by atoms with van der Waals surface area (Å²) in [4.78, 5) is 3.84. The predicted octanol–water partition coefficient (Wildman–Crippen LogP) is 3.61. The van der Waals surface area contributed by atoms with Crippen molar-refractivity contribution in [2.75, 3.05) is 0 Å². The number of hydrogen-bond acceptors (Lipinski definition) is 3. The Balaban J connectivity index is 2.20. The molecule has 0 unspecified atom stereocenters. The van der Waals surface area contributed by atoms with Crippen LogP contribution in [-0.2, 0) is 7.05 Å². The summed E-state index contributed by atoms with van der Waals surface area (Å²) in [7, 11) is 1.46. The largest absolute Gasteiger partial charge is 0.309 e. The SMILES string of the molecule is Cn1c(-c2nc(Cl)ccc2F)nnc1-c1c(F)cccc1F. The molecule has 1 aromatic carbocycles. The van der Waals surface area contributed by atoms with Gasteiger partial charge in [0, 0.05) is 7.05 Å². The van der Waals surface area contributed by atoms with Gasteiger partial charge in [-0.3, -0.25) is 0 Å². The van der Waals surface area contributed by atoms with Crippen LogP contribution in [-0.4, -0.2) is 19.7 Å². The smallest absolute Gasteiger partial charge is 0.185 e. The summed E-state index contributed by atoms with van der Waals surface area (Å²) >= 11 is 5.74. The molecule has 22 heavy (non-hydrogen) atoms. The molecule has 0 saturated heterocycles. The zero-order valence-corrected chi connectivity index (χ0v) is 11.9. The van der Waals surface area contributed by atoms with E-state index in [4.69, 9.17) is 11.6 Å². The van der Waals surface area contributed by atoms with Crippen LogP contribution in [0.2, 0.25) is 5.15 Å². The maximum atomic E-state index is 13.9. The summed E-state index contributed by atoms with van der Waals surface area (Å²) in [5.41, 5.74) is -0.489. The topological polar surface area (TPSA) is 43.6 Å². The van der Waals surface area contributed by atoms with Gasteiger partial charge in [0.2, 0.25) is 0 Å². The number of aromatic nitrogens is 4. The molecular formula is C14H8ClF3N4. The second-order valence-corrected chi connectivity index (χ2v) is 4.85. The second kappa shape index (κ2) is 5.42. The van der Waals surface area contributed by atoms with Crippen molar-refractivity contribution in [2.24, 2.45) is 7.05 Å². The highest BCUT2D eigenvalue weighted by Gasteiger charge is 2.21. The molecule has 4 nitrogen and oxygen atoms in total. The lowest BCUT2D eigenvalue weighted by Crippen LogP contribution is -2.01. The molecule has 0 atom stereocenters. The molecule has 0 saturated carbocycles. The molecule has 8 heteroatoms. The first kappa shape index (κ1) is 14.5. The lowest BCUT2D eigenvalue weighted by atomic mass is 10.2. The molecule has 0 aliphatic heterocycles. The standard InChI is InChI=1S/C14H8ClF3N4/c1-22-13(11-7(16)3-2-4-8(11)17)20-21-14(22)12-9(18)5-6-10(15)19-12/h2-6H,1H3. The molecule has 3 aromatic rings. The third-order valence-corrected chi connectivity index (χ3v) is 3.30. The van der Waals surface area contributed by atoms with Gasteiger partial charge in [0.15, 0.2) is 17.5 Å². The van der Waals surface area contributed by atoms with E-state index in [9.17, 15) is 13.2 Å². The molecule has 0 amide bonds. The fraction of sp³-hybridized carbons (Fsp3) is 0.0714. The number of pyridine rings is 1. The van der Waals surface area contributed by atoms with Crippen LogP contribution in [0.4, 0.5) is 13.2 Å². The molecule has 2 heterocycles. The number of nitrogens with zero attached hydrogens (tertiary/aromatic N) is 4. The van der Waals surface area contributed by atoms with Gasteiger partial charge < -0.3 is 4.57 Å². The summed E-state index contributed by atoms with van der Waals surface area (Å²) < 4.78 is 42.8. The Kier molecular flexibility index (Phi) is 3.58. The van der Waals surface area contributed by atoms with Crippen molar-refractivity contribution in [2.45, 2.75) is 0 Å². The molecule has 3 rings (SSSR count). The Morgan fingerprint density at radius 2 is 1.55 bits per heavy atom. The van der Waals surface area contributed by atoms with Gasteiger partial charge >= 0.3 is 0 Å². The molecule has 0 aliphatic carbocycles. The zero-order chi connectivity index (χ0) is 15.9. The number of benzene rings is 1. The van der Waals surface area contributed by atoms with E-state index in [-0.39, 0.29) is 28.1 Å². The molecule has 112 valence electrons. The molecule has 2 aromatic heterocycles. The van der Waals surface area contributed by atoms with Crippen molar-refractivity contribution in [3.63, 3.8) is 0 Å². The van der Waals surface area contributed by atoms with Crippen molar-refractivity contribution in [1.82, 2.24) is 19.7 Å². The molecule has 0 aliphatic rings. The van der Waals surface area contributed by atoms with E-state index in [1.165, 1.54) is 23.7 Å². The van der Waals surface area contributed by atoms with Crippen LogP contribution in [0, 0.1) is 17.5 Å². The molecular weight excluding hydrogens is 317 g/mol. The first-order valence-electron chi connectivity index (χ1n) is 6.15. The molecule has 0 bridgehead atoms. The molecule has 0 fully saturated rings. The van der Waals surface area contributed by atoms with Crippen LogP contribution in [0.25, 0.3) is 22.9 Å². The van der Waals surface area contributed by atoms with E-state index in [1.807, 2.05) is 0 Å². The van der Waals surface area contributed by atoms with Gasteiger partial charge in [-0.2, -0.15) is 0 Å². The number of halogens is 4. The van der Waals surface area contributed by atoms with Crippen molar-refractivity contribution < 1.29 is 13.2 Å². The van der Waals surface area contributed by atoms with E-state index in [0.29, 0.717) is 0 Å². The number of rotatable bonds is 2. The van der Waals surface area contributed by atoms with Crippen LogP contribution in [0.3, 0.4) is 0 Å². The van der Waals surface area contributed by atoms with E-state index in [0.717, 1.165) is 18.2 Å². The maximum absolute atomic E-state index is 13.9. The van der Waals surface area contributed by atoms with E-state index in [2.05, 4.69) is 15.2 Å². The van der Waals surface area contributed by atoms with Crippen molar-refractivity contribution in [3.8, 4) is 22.9 Å². The highest BCUT2D eigenvalue weighted by molar-refractivity contribution is 6.29. The van der Waals surface area contributed by atoms with Crippen LogP contribution in [0.5, 0.6) is 0 Å². The van der Waals surface area contributed by atoms with Crippen molar-refractivity contribution in [1.29, 1.82) is 0 Å². The fourth-order valence-corrected chi connectivity index (χ4v) is 2.19. The highest BCUT2D eigenvalue weighted by Crippen LogP contribution is 2.28. The fourth-order valence-electron chi connectivity index (χ4n) is 2.04. The van der Waals surface area contributed by atoms with Crippen LogP contribution < -0.4 is 0 Å². The molecule has 0 N–H and O–H groups in total. The Morgan fingerprint density at radius 1 is 0.909 bits per heavy atom. The predicted molar refractivity (Wildman–Crippen MR) is 74.6 cm³/mol. The Bertz CT molecular complexity index is 843. The van der Waals surface area contributed by atoms with Gasteiger partial charge in [0.1, 0.15) is 22.5 Å². The highest BCUT2D eigenvalue weighted by atomic mass is 35.5. The van der Waals surface area contributed by atoms with Crippen LogP contribution in [0.15, 0.2) is 30.3 Å². The maximum Gasteiger partial charge on any atom is 0.185 e. The van der Waals surface area contributed by atoms with Crippen molar-refractivity contribution in [3.05, 3.63) is 52.9 Å². The first-order valence-corrected chi connectivity index (χ1v) is 6.53. The minimum atomic E-state index is -0.790. The lowest BCUT2D eigenvalue weighted by Gasteiger charge is -2.06. The minimum absolute atomic E-state index is 0.0117. The first-order chi connectivity index (χ1) is 10.5. The minimum Gasteiger partial charge on any atom is -0.309 e. The third-order valence-electron chi connectivity index (χ3n) is 3.09. The summed E-state index contributed by atoms with van der Waals surface area (Å²) in [6.07, 6.45) is 0. The normalized spacial score (nSPS) is 11.0. The zero-order valence-electron chi connectivity index (χ0n) is 11.2. The summed E-state index contributed by atoms with van der Waals surface area (Å²) in [5.74, 6) is -2.31. The average molecular weight is 325 g/mol. The van der Waals surface area contributed by atoms with E-state index in [1.54, 1.807) is 0 Å². The summed E-state index contributed by atoms with van der Waals surface area (Å²) in [6, 6.07) is 5.86. The quantitative estimate of drug-likeness (QED) is 0.676. The van der Waals surface area contributed by atoms with Gasteiger partial charge in [0.25, 0.3) is 0 Å². The van der Waals surface area contributed by atoms with E-state index < -0.39 is 17.5 Å². The third kappa shape index (κ3) is 2.33. The van der Waals surface area contributed by atoms with Gasteiger partial charge in [0.05, 0.1) is 5.56 Å². The lowest BCUT2D eigenvalue weighted by molar-refractivity contribution is 0.586. The number of hydrogen-bond donors (Lipinski definition) is 0. The van der Waals surface area contributed by atoms with Crippen molar-refractivity contribution >= 4 is 11.6 Å². The Morgan fingerprint density at radius 3 is 2.23 bits per heavy atom. The Hall–Kier alpha value is -2.41. The summed E-state index contributed by atoms with van der Waals surface area (Å²) in [6.45, 7) is 0. The van der Waals surface area contributed by atoms with Crippen LogP contribution in [0.1, 0.15) is 0 Å². The van der Waals surface area contributed by atoms with Crippen LogP contribution >= 0.6 is 11.6 Å². The summed E-state index contributed by atoms with van der Waals surface area (Å²) in [5, 5.41) is 7.57.